The summed E-state index contributed by atoms with van der Waals surface area (Å²) in [7, 11) is 0. The van der Waals surface area contributed by atoms with Crippen LogP contribution in [0.1, 0.15) is 22.4 Å². The highest BCUT2D eigenvalue weighted by atomic mass is 16.5. The molecule has 1 N–H and O–H groups in total. The number of carbonyl (C=O) groups is 1. The van der Waals surface area contributed by atoms with Crippen LogP contribution in [0.2, 0.25) is 0 Å². The average molecular weight is 400 g/mol. The summed E-state index contributed by atoms with van der Waals surface area (Å²) < 4.78 is 7.38. The maximum absolute atomic E-state index is 12.6. The molecule has 0 saturated heterocycles. The predicted octanol–water partition coefficient (Wildman–Crippen LogP) is 4.67. The molecule has 1 amide bonds. The van der Waals surface area contributed by atoms with Gasteiger partial charge < -0.3 is 10.1 Å². The number of nitrogens with zero attached hydrogens (tertiary/aromatic N) is 3. The van der Waals surface area contributed by atoms with Crippen molar-refractivity contribution in [1.29, 1.82) is 0 Å². The van der Waals surface area contributed by atoms with Gasteiger partial charge in [0.1, 0.15) is 11.6 Å². The summed E-state index contributed by atoms with van der Waals surface area (Å²) in [5.41, 5.74) is 4.92. The molecule has 0 fully saturated rings. The minimum atomic E-state index is -0.255. The van der Waals surface area contributed by atoms with Crippen LogP contribution in [-0.2, 0) is 4.79 Å². The monoisotopic (exact) mass is 400 g/mol. The number of aromatic nitrogens is 3. The highest BCUT2D eigenvalue weighted by molar-refractivity contribution is 5.91. The van der Waals surface area contributed by atoms with E-state index in [1.54, 1.807) is 4.68 Å². The molecule has 0 aliphatic heterocycles. The van der Waals surface area contributed by atoms with E-state index in [1.165, 1.54) is 0 Å². The van der Waals surface area contributed by atoms with E-state index in [-0.39, 0.29) is 12.5 Å². The van der Waals surface area contributed by atoms with Gasteiger partial charge in [0, 0.05) is 11.5 Å². The number of hydrogen-bond acceptors (Lipinski definition) is 4. The van der Waals surface area contributed by atoms with Gasteiger partial charge in [-0.1, -0.05) is 30.3 Å². The van der Waals surface area contributed by atoms with Crippen molar-refractivity contribution in [3.63, 3.8) is 0 Å². The molecule has 30 heavy (non-hydrogen) atoms. The lowest BCUT2D eigenvalue weighted by atomic mass is 10.1. The molecule has 0 bridgehead atoms. The van der Waals surface area contributed by atoms with Crippen molar-refractivity contribution in [1.82, 2.24) is 14.8 Å². The van der Waals surface area contributed by atoms with Gasteiger partial charge in [0.25, 0.3) is 5.91 Å². The van der Waals surface area contributed by atoms with Crippen LogP contribution in [0, 0.1) is 27.7 Å². The third-order valence-corrected chi connectivity index (χ3v) is 5.14. The zero-order valence-electron chi connectivity index (χ0n) is 17.6. The summed E-state index contributed by atoms with van der Waals surface area (Å²) in [5.74, 6) is 1.67. The number of benzene rings is 2. The summed E-state index contributed by atoms with van der Waals surface area (Å²) >= 11 is 0. The van der Waals surface area contributed by atoms with E-state index in [1.807, 2.05) is 82.3 Å². The number of rotatable bonds is 5. The Morgan fingerprint density at radius 2 is 1.80 bits per heavy atom. The van der Waals surface area contributed by atoms with Crippen molar-refractivity contribution in [3.8, 4) is 11.6 Å². The number of amides is 1. The maximum atomic E-state index is 12.6. The van der Waals surface area contributed by atoms with Gasteiger partial charge in [0.15, 0.2) is 12.4 Å². The Morgan fingerprint density at radius 3 is 2.63 bits per heavy atom. The first-order chi connectivity index (χ1) is 14.4. The number of hydrogen-bond donors (Lipinski definition) is 1. The molecule has 0 aliphatic carbocycles. The van der Waals surface area contributed by atoms with Crippen LogP contribution < -0.4 is 10.1 Å². The highest BCUT2D eigenvalue weighted by Crippen LogP contribution is 2.23. The molecule has 4 rings (SSSR count). The van der Waals surface area contributed by atoms with Crippen LogP contribution in [0.4, 0.5) is 5.82 Å². The molecule has 4 aromatic rings. The van der Waals surface area contributed by atoms with Crippen molar-refractivity contribution in [2.75, 3.05) is 11.9 Å². The van der Waals surface area contributed by atoms with Gasteiger partial charge in [-0.3, -0.25) is 4.79 Å². The fourth-order valence-electron chi connectivity index (χ4n) is 3.41. The van der Waals surface area contributed by atoms with E-state index in [4.69, 9.17) is 9.72 Å². The lowest BCUT2D eigenvalue weighted by Gasteiger charge is -2.12. The smallest absolute Gasteiger partial charge is 0.263 e. The molecular weight excluding hydrogens is 376 g/mol. The zero-order chi connectivity index (χ0) is 21.3. The minimum absolute atomic E-state index is 0.0846. The second kappa shape index (κ2) is 7.99. The van der Waals surface area contributed by atoms with E-state index in [9.17, 15) is 4.79 Å². The Kier molecular flexibility index (Phi) is 5.23. The number of para-hydroxylation sites is 1. The summed E-state index contributed by atoms with van der Waals surface area (Å²) in [6.07, 6.45) is 0. The Labute approximate surface area is 175 Å². The minimum Gasteiger partial charge on any atom is -0.483 e. The van der Waals surface area contributed by atoms with Crippen molar-refractivity contribution in [2.45, 2.75) is 27.7 Å². The van der Waals surface area contributed by atoms with E-state index in [0.29, 0.717) is 17.4 Å². The van der Waals surface area contributed by atoms with Gasteiger partial charge in [-0.25, -0.2) is 4.98 Å². The lowest BCUT2D eigenvalue weighted by Crippen LogP contribution is -2.22. The van der Waals surface area contributed by atoms with Crippen molar-refractivity contribution < 1.29 is 9.53 Å². The van der Waals surface area contributed by atoms with Crippen molar-refractivity contribution >= 4 is 22.6 Å². The molecule has 0 spiro atoms. The predicted molar refractivity (Wildman–Crippen MR) is 118 cm³/mol. The molecule has 0 saturated carbocycles. The molecule has 0 radical (unpaired) electrons. The van der Waals surface area contributed by atoms with Gasteiger partial charge in [-0.05, 0) is 62.6 Å². The average Bonchev–Trinajstić information content (AvgIpc) is 3.09. The second-order valence-corrected chi connectivity index (χ2v) is 7.43. The van der Waals surface area contributed by atoms with Gasteiger partial charge in [0.2, 0.25) is 0 Å². The number of carbonyl (C=O) groups excluding carboxylic acids is 1. The SMILES string of the molecule is Cc1cc(NC(=O)COc2cccc(C)c2C)n(-c2cc(C)c3ccccc3n2)n1. The largest absolute Gasteiger partial charge is 0.483 e. The number of nitrogens with one attached hydrogen (secondary N) is 1. The normalized spacial score (nSPS) is 10.9. The van der Waals surface area contributed by atoms with Crippen LogP contribution >= 0.6 is 0 Å². The van der Waals surface area contributed by atoms with Crippen LogP contribution in [0.5, 0.6) is 5.75 Å². The summed E-state index contributed by atoms with van der Waals surface area (Å²) in [5, 5.41) is 8.52. The van der Waals surface area contributed by atoms with Gasteiger partial charge in [0.05, 0.1) is 11.2 Å². The van der Waals surface area contributed by atoms with Gasteiger partial charge >= 0.3 is 0 Å². The van der Waals surface area contributed by atoms with E-state index in [2.05, 4.69) is 10.4 Å². The first-order valence-corrected chi connectivity index (χ1v) is 9.84. The molecule has 0 atom stereocenters. The first-order valence-electron chi connectivity index (χ1n) is 9.84. The first kappa shape index (κ1) is 19.6. The van der Waals surface area contributed by atoms with E-state index in [0.717, 1.165) is 33.3 Å². The van der Waals surface area contributed by atoms with E-state index >= 15 is 0 Å². The Morgan fingerprint density at radius 1 is 1.00 bits per heavy atom. The van der Waals surface area contributed by atoms with Crippen molar-refractivity contribution in [3.05, 3.63) is 77.0 Å². The number of fused-ring (bicyclic) bond motifs is 1. The Hall–Kier alpha value is -3.67. The molecule has 2 aromatic heterocycles. The van der Waals surface area contributed by atoms with Crippen LogP contribution in [0.25, 0.3) is 16.7 Å². The summed E-state index contributed by atoms with van der Waals surface area (Å²) in [6, 6.07) is 17.6. The lowest BCUT2D eigenvalue weighted by molar-refractivity contribution is -0.118. The molecule has 0 unspecified atom stereocenters. The highest BCUT2D eigenvalue weighted by Gasteiger charge is 2.14. The van der Waals surface area contributed by atoms with Crippen LogP contribution in [0.3, 0.4) is 0 Å². The quantitative estimate of drug-likeness (QED) is 0.528. The Bertz CT molecular complexity index is 1240. The standard InChI is InChI=1S/C24H24N4O2/c1-15-8-7-11-21(18(15)4)30-14-24(29)26-23-13-17(3)27-28(23)22-12-16(2)19-9-5-6-10-20(19)25-22/h5-13H,14H2,1-4H3,(H,26,29). The zero-order valence-corrected chi connectivity index (χ0v) is 17.6. The molecule has 0 aliphatic rings. The van der Waals surface area contributed by atoms with Gasteiger partial charge in [-0.15, -0.1) is 0 Å². The molecular formula is C24H24N4O2. The summed E-state index contributed by atoms with van der Waals surface area (Å²) in [6.45, 7) is 7.84. The number of ether oxygens (including phenoxy) is 1. The van der Waals surface area contributed by atoms with Crippen LogP contribution in [0.15, 0.2) is 54.6 Å². The molecule has 6 heteroatoms. The fourth-order valence-corrected chi connectivity index (χ4v) is 3.41. The van der Waals surface area contributed by atoms with E-state index < -0.39 is 0 Å². The molecule has 6 nitrogen and oxygen atoms in total. The third-order valence-electron chi connectivity index (χ3n) is 5.14. The Balaban J connectivity index is 1.56. The number of aryl methyl sites for hydroxylation is 3. The number of anilines is 1. The van der Waals surface area contributed by atoms with Gasteiger partial charge in [-0.2, -0.15) is 9.78 Å². The summed E-state index contributed by atoms with van der Waals surface area (Å²) in [4.78, 5) is 17.3. The molecule has 2 heterocycles. The molecule has 152 valence electrons. The third kappa shape index (κ3) is 3.89. The molecule has 2 aromatic carbocycles. The second-order valence-electron chi connectivity index (χ2n) is 7.43. The van der Waals surface area contributed by atoms with Crippen LogP contribution in [-0.4, -0.2) is 27.3 Å². The maximum Gasteiger partial charge on any atom is 0.263 e. The number of pyridine rings is 1. The fraction of sp³-hybridized carbons (Fsp3) is 0.208. The topological polar surface area (TPSA) is 69.0 Å². The van der Waals surface area contributed by atoms with Crippen molar-refractivity contribution in [2.24, 2.45) is 0 Å².